The van der Waals surface area contributed by atoms with E-state index in [9.17, 15) is 14.7 Å². The van der Waals surface area contributed by atoms with Crippen LogP contribution < -0.4 is 0 Å². The molecule has 176 valence electrons. The predicted molar refractivity (Wildman–Crippen MR) is 128 cm³/mol. The van der Waals surface area contributed by atoms with E-state index in [-0.39, 0.29) is 5.91 Å². The van der Waals surface area contributed by atoms with E-state index in [1.54, 1.807) is 29.4 Å². The molecule has 3 unspecified atom stereocenters. The summed E-state index contributed by atoms with van der Waals surface area (Å²) >= 11 is 12.6. The Labute approximate surface area is 206 Å². The topological polar surface area (TPSA) is 95.5 Å². The number of carboxylic acids is 1. The van der Waals surface area contributed by atoms with Crippen LogP contribution >= 0.6 is 23.2 Å². The fourth-order valence-corrected chi connectivity index (χ4v) is 4.87. The van der Waals surface area contributed by atoms with Gasteiger partial charge in [0.1, 0.15) is 12.2 Å². The average molecular weight is 500 g/mol. The molecule has 2 aliphatic rings. The van der Waals surface area contributed by atoms with Crippen LogP contribution in [0.15, 0.2) is 54.9 Å². The molecule has 7 nitrogen and oxygen atoms in total. The molecule has 1 aliphatic heterocycles. The van der Waals surface area contributed by atoms with Gasteiger partial charge in [-0.15, -0.1) is 0 Å². The first-order chi connectivity index (χ1) is 16.4. The molecule has 3 atom stereocenters. The molecule has 0 radical (unpaired) electrons. The highest BCUT2D eigenvalue weighted by Gasteiger charge is 2.46. The molecule has 9 heteroatoms. The van der Waals surface area contributed by atoms with Crippen molar-refractivity contribution in [1.29, 1.82) is 0 Å². The number of H-pyrrole nitrogens is 1. The summed E-state index contributed by atoms with van der Waals surface area (Å²) in [5.41, 5.74) is 3.32. The number of nitrogens with zero attached hydrogens (tertiary/aromatic N) is 2. The molecule has 0 spiro atoms. The first-order valence-corrected chi connectivity index (χ1v) is 11.9. The van der Waals surface area contributed by atoms with Gasteiger partial charge >= 0.3 is 5.97 Å². The van der Waals surface area contributed by atoms with Gasteiger partial charge in [0.05, 0.1) is 18.7 Å². The summed E-state index contributed by atoms with van der Waals surface area (Å²) in [4.78, 5) is 26.8. The van der Waals surface area contributed by atoms with E-state index in [0.717, 1.165) is 35.1 Å². The number of halogens is 2. The number of hydrogen-bond donors (Lipinski definition) is 2. The first-order valence-electron chi connectivity index (χ1n) is 11.1. The zero-order valence-corrected chi connectivity index (χ0v) is 19.7. The van der Waals surface area contributed by atoms with Crippen LogP contribution in [-0.4, -0.2) is 44.7 Å². The van der Waals surface area contributed by atoms with Crippen LogP contribution in [0, 0.1) is 5.92 Å². The van der Waals surface area contributed by atoms with Crippen molar-refractivity contribution in [3.8, 4) is 11.1 Å². The minimum atomic E-state index is -1.08. The van der Waals surface area contributed by atoms with Gasteiger partial charge in [0.25, 0.3) is 5.91 Å². The molecule has 3 aromatic rings. The van der Waals surface area contributed by atoms with Crippen LogP contribution in [0.3, 0.4) is 0 Å². The minimum Gasteiger partial charge on any atom is -0.481 e. The number of morpholine rings is 1. The van der Waals surface area contributed by atoms with Crippen molar-refractivity contribution in [2.75, 3.05) is 6.54 Å². The highest BCUT2D eigenvalue weighted by atomic mass is 35.5. The van der Waals surface area contributed by atoms with E-state index >= 15 is 0 Å². The Morgan fingerprint density at radius 3 is 2.50 bits per heavy atom. The van der Waals surface area contributed by atoms with Crippen molar-refractivity contribution >= 4 is 35.1 Å². The number of aliphatic carboxylic acids is 1. The molecule has 34 heavy (non-hydrogen) atoms. The molecule has 2 aromatic carbocycles. The molecule has 1 saturated carbocycles. The van der Waals surface area contributed by atoms with Gasteiger partial charge < -0.3 is 14.7 Å². The highest BCUT2D eigenvalue weighted by molar-refractivity contribution is 6.31. The Morgan fingerprint density at radius 1 is 1.09 bits per heavy atom. The lowest BCUT2D eigenvalue weighted by atomic mass is 9.89. The Hall–Kier alpha value is -2.87. The van der Waals surface area contributed by atoms with Crippen molar-refractivity contribution in [3.63, 3.8) is 0 Å². The van der Waals surface area contributed by atoms with Crippen LogP contribution in [0.2, 0.25) is 10.0 Å². The lowest BCUT2D eigenvalue weighted by Crippen LogP contribution is -2.52. The van der Waals surface area contributed by atoms with Gasteiger partial charge in [0.2, 0.25) is 0 Å². The quantitative estimate of drug-likeness (QED) is 0.461. The van der Waals surface area contributed by atoms with Gasteiger partial charge in [-0.1, -0.05) is 35.3 Å². The summed E-state index contributed by atoms with van der Waals surface area (Å²) in [6, 6.07) is 12.5. The van der Waals surface area contributed by atoms with Crippen molar-refractivity contribution < 1.29 is 19.4 Å². The summed E-state index contributed by atoms with van der Waals surface area (Å²) in [6.07, 6.45) is 3.46. The highest BCUT2D eigenvalue weighted by Crippen LogP contribution is 2.46. The third-order valence-corrected chi connectivity index (χ3v) is 6.77. The summed E-state index contributed by atoms with van der Waals surface area (Å²) in [5, 5.41) is 17.4. The SMILES string of the molecule is O=C(O)CC1OC(c2cc(Cl)cc(-c3cn[nH]c3)c2)C(c2ccc(Cl)cc2)N(CC2CC2)C1=O. The summed E-state index contributed by atoms with van der Waals surface area (Å²) < 4.78 is 6.27. The number of carboxylic acid groups (broad SMARTS) is 1. The van der Waals surface area contributed by atoms with E-state index in [1.807, 2.05) is 30.3 Å². The van der Waals surface area contributed by atoms with E-state index < -0.39 is 30.6 Å². The second kappa shape index (κ2) is 9.41. The van der Waals surface area contributed by atoms with Crippen molar-refractivity contribution in [2.45, 2.75) is 37.5 Å². The Morgan fingerprint density at radius 2 is 1.85 bits per heavy atom. The standard InChI is InChI=1S/C25H23Cl2N3O4/c26-19-5-3-15(4-6-19)23-24(17-7-16(8-20(27)9-17)18-11-28-29-12-18)34-21(10-22(31)32)25(33)30(23)13-14-1-2-14/h3-9,11-12,14,21,23-24H,1-2,10,13H2,(H,28,29)(H,31,32). The summed E-state index contributed by atoms with van der Waals surface area (Å²) in [7, 11) is 0. The molecule has 1 aliphatic carbocycles. The molecule has 5 rings (SSSR count). The van der Waals surface area contributed by atoms with Gasteiger partial charge in [-0.2, -0.15) is 5.10 Å². The number of amides is 1. The molecule has 2 fully saturated rings. The minimum absolute atomic E-state index is 0.303. The second-order valence-electron chi connectivity index (χ2n) is 8.83. The molecule has 1 saturated heterocycles. The maximum atomic E-state index is 13.4. The fourth-order valence-electron chi connectivity index (χ4n) is 4.50. The molecule has 1 aromatic heterocycles. The third kappa shape index (κ3) is 4.82. The molecule has 1 amide bonds. The molecule has 2 heterocycles. The van der Waals surface area contributed by atoms with Crippen LogP contribution in [-0.2, 0) is 14.3 Å². The summed E-state index contributed by atoms with van der Waals surface area (Å²) in [6.45, 7) is 0.553. The van der Waals surface area contributed by atoms with E-state index in [2.05, 4.69) is 10.2 Å². The third-order valence-electron chi connectivity index (χ3n) is 6.30. The van der Waals surface area contributed by atoms with Gasteiger partial charge in [-0.3, -0.25) is 14.7 Å². The fraction of sp³-hybridized carbons (Fsp3) is 0.320. The number of carbonyl (C=O) groups is 2. The Bertz CT molecular complexity index is 1200. The van der Waals surface area contributed by atoms with Crippen LogP contribution in [0.1, 0.15) is 42.5 Å². The van der Waals surface area contributed by atoms with E-state index in [4.69, 9.17) is 27.9 Å². The number of rotatable bonds is 7. The number of carbonyl (C=O) groups excluding carboxylic acids is 1. The number of aromatic amines is 1. The van der Waals surface area contributed by atoms with E-state index in [1.165, 1.54) is 0 Å². The van der Waals surface area contributed by atoms with Crippen LogP contribution in [0.25, 0.3) is 11.1 Å². The van der Waals surface area contributed by atoms with Crippen molar-refractivity contribution in [3.05, 3.63) is 76.0 Å². The molecule has 2 N–H and O–H groups in total. The Kier molecular flexibility index (Phi) is 6.34. The largest absolute Gasteiger partial charge is 0.481 e. The van der Waals surface area contributed by atoms with E-state index in [0.29, 0.717) is 22.5 Å². The normalized spacial score (nSPS) is 22.7. The zero-order valence-electron chi connectivity index (χ0n) is 18.2. The predicted octanol–water partition coefficient (Wildman–Crippen LogP) is 5.28. The molecular weight excluding hydrogens is 477 g/mol. The lowest BCUT2D eigenvalue weighted by molar-refractivity contribution is -0.179. The van der Waals surface area contributed by atoms with Gasteiger partial charge in [0.15, 0.2) is 0 Å². The number of benzene rings is 2. The van der Waals surface area contributed by atoms with Crippen LogP contribution in [0.5, 0.6) is 0 Å². The zero-order chi connectivity index (χ0) is 23.8. The number of nitrogens with one attached hydrogen (secondary N) is 1. The van der Waals surface area contributed by atoms with Gasteiger partial charge in [0, 0.05) is 28.4 Å². The van der Waals surface area contributed by atoms with Crippen molar-refractivity contribution in [2.24, 2.45) is 5.92 Å². The Balaban J connectivity index is 1.62. The number of aromatic nitrogens is 2. The number of ether oxygens (including phenoxy) is 1. The maximum Gasteiger partial charge on any atom is 0.306 e. The maximum absolute atomic E-state index is 13.4. The smallest absolute Gasteiger partial charge is 0.306 e. The lowest BCUT2D eigenvalue weighted by Gasteiger charge is -2.45. The first kappa shape index (κ1) is 22.9. The second-order valence-corrected chi connectivity index (χ2v) is 9.71. The van der Waals surface area contributed by atoms with Crippen LogP contribution in [0.4, 0.5) is 0 Å². The molecular formula is C25H23Cl2N3O4. The van der Waals surface area contributed by atoms with Crippen molar-refractivity contribution in [1.82, 2.24) is 15.1 Å². The number of hydrogen-bond acceptors (Lipinski definition) is 4. The summed E-state index contributed by atoms with van der Waals surface area (Å²) in [5.74, 6) is -0.981. The average Bonchev–Trinajstić information content (AvgIpc) is 3.45. The molecule has 0 bridgehead atoms. The van der Waals surface area contributed by atoms with Gasteiger partial charge in [-0.25, -0.2) is 0 Å². The van der Waals surface area contributed by atoms with Gasteiger partial charge in [-0.05, 0) is 65.8 Å². The monoisotopic (exact) mass is 499 g/mol.